The van der Waals surface area contributed by atoms with Crippen LogP contribution in [0.3, 0.4) is 0 Å². The normalized spacial score (nSPS) is 26.6. The Hall–Kier alpha value is -1.52. The van der Waals surface area contributed by atoms with Crippen molar-refractivity contribution >= 4 is 12.0 Å². The second-order valence-electron chi connectivity index (χ2n) is 7.71. The van der Waals surface area contributed by atoms with E-state index in [1.807, 2.05) is 6.92 Å². The molecule has 0 aromatic rings. The fourth-order valence-electron chi connectivity index (χ4n) is 3.80. The third-order valence-corrected chi connectivity index (χ3v) is 5.45. The summed E-state index contributed by atoms with van der Waals surface area (Å²) in [5.41, 5.74) is 0.865. The van der Waals surface area contributed by atoms with E-state index in [2.05, 4.69) is 39.1 Å². The average Bonchev–Trinajstić information content (AvgIpc) is 2.52. The first-order chi connectivity index (χ1) is 11.3. The molecule has 1 N–H and O–H groups in total. The molecule has 0 spiro atoms. The quantitative estimate of drug-likeness (QED) is 0.757. The van der Waals surface area contributed by atoms with Gasteiger partial charge in [-0.1, -0.05) is 25.5 Å². The number of hydrogen-bond acceptors (Lipinski definition) is 3. The minimum atomic E-state index is -0.323. The predicted octanol–water partition coefficient (Wildman–Crippen LogP) is 3.35. The van der Waals surface area contributed by atoms with Crippen LogP contribution in [0.25, 0.3) is 0 Å². The maximum absolute atomic E-state index is 12.7. The van der Waals surface area contributed by atoms with Crippen LogP contribution in [0.4, 0.5) is 4.79 Å². The minimum Gasteiger partial charge on any atom is -0.449 e. The van der Waals surface area contributed by atoms with E-state index in [4.69, 9.17) is 4.74 Å². The highest BCUT2D eigenvalue weighted by Gasteiger charge is 2.52. The van der Waals surface area contributed by atoms with Crippen molar-refractivity contribution in [3.8, 4) is 0 Å². The molecule has 0 aromatic heterocycles. The molecule has 0 aromatic carbocycles. The molecule has 1 aliphatic carbocycles. The highest BCUT2D eigenvalue weighted by atomic mass is 16.6. The molecular formula is C19H32N2O3. The third-order valence-electron chi connectivity index (χ3n) is 5.45. The molecule has 5 heteroatoms. The Balaban J connectivity index is 1.91. The zero-order valence-corrected chi connectivity index (χ0v) is 15.7. The van der Waals surface area contributed by atoms with Gasteiger partial charge < -0.3 is 15.0 Å². The summed E-state index contributed by atoms with van der Waals surface area (Å²) in [5.74, 6) is 0.703. The van der Waals surface area contributed by atoms with Crippen molar-refractivity contribution in [2.24, 2.45) is 17.8 Å². The van der Waals surface area contributed by atoms with Crippen LogP contribution in [0.2, 0.25) is 0 Å². The number of nitrogens with zero attached hydrogens (tertiary/aromatic N) is 1. The molecule has 3 rings (SSSR count). The van der Waals surface area contributed by atoms with E-state index in [-0.39, 0.29) is 35.3 Å². The molecule has 24 heavy (non-hydrogen) atoms. The summed E-state index contributed by atoms with van der Waals surface area (Å²) in [6, 6.07) is 0. The Morgan fingerprint density at radius 1 is 1.25 bits per heavy atom. The Bertz CT molecular complexity index is 501. The zero-order valence-electron chi connectivity index (χ0n) is 15.7. The third kappa shape index (κ3) is 3.93. The number of rotatable bonds is 6. The zero-order chi connectivity index (χ0) is 17.9. The molecular weight excluding hydrogens is 304 g/mol. The number of hydrogen-bond donors (Lipinski definition) is 1. The maximum atomic E-state index is 12.7. The summed E-state index contributed by atoms with van der Waals surface area (Å²) in [5, 5.41) is 3.21. The van der Waals surface area contributed by atoms with E-state index in [0.717, 1.165) is 19.3 Å². The van der Waals surface area contributed by atoms with Crippen molar-refractivity contribution in [1.29, 1.82) is 0 Å². The largest absolute Gasteiger partial charge is 0.449 e. The number of carbonyl (C=O) groups excluding carboxylic acids is 2. The van der Waals surface area contributed by atoms with E-state index in [0.29, 0.717) is 19.7 Å². The van der Waals surface area contributed by atoms with Gasteiger partial charge in [0.1, 0.15) is 0 Å². The van der Waals surface area contributed by atoms with Gasteiger partial charge in [0.05, 0.1) is 12.1 Å². The minimum absolute atomic E-state index is 0.0360. The molecule has 1 saturated carbocycles. The fourth-order valence-corrected chi connectivity index (χ4v) is 3.80. The first-order valence-electron chi connectivity index (χ1n) is 9.21. The van der Waals surface area contributed by atoms with Crippen molar-refractivity contribution in [3.05, 3.63) is 11.6 Å². The van der Waals surface area contributed by atoms with Gasteiger partial charge in [-0.15, -0.1) is 0 Å². The van der Waals surface area contributed by atoms with Crippen molar-refractivity contribution in [3.63, 3.8) is 0 Å². The monoisotopic (exact) mass is 336 g/mol. The second kappa shape index (κ2) is 7.58. The van der Waals surface area contributed by atoms with Crippen LogP contribution in [0.1, 0.15) is 53.9 Å². The topological polar surface area (TPSA) is 58.6 Å². The van der Waals surface area contributed by atoms with Crippen LogP contribution in [0, 0.1) is 17.8 Å². The van der Waals surface area contributed by atoms with Crippen LogP contribution >= 0.6 is 0 Å². The molecule has 2 saturated heterocycles. The predicted molar refractivity (Wildman–Crippen MR) is 94.6 cm³/mol. The maximum Gasteiger partial charge on any atom is 0.409 e. The number of nitrogens with one attached hydrogen (secondary N) is 1. The standard InChI is InChI=1S/C19H32N2O3/c1-6-8-13(3)19(4,5)20-17(22)16-14-10-15(16)12-21(11-14)18(23)24-9-7-2/h8,14-16H,6-7,9-12H2,1-5H3,(H,20,22)/b13-8-. The molecule has 2 atom stereocenters. The summed E-state index contributed by atoms with van der Waals surface area (Å²) in [4.78, 5) is 26.5. The van der Waals surface area contributed by atoms with Gasteiger partial charge in [0.25, 0.3) is 0 Å². The summed E-state index contributed by atoms with van der Waals surface area (Å²) >= 11 is 0. The molecule has 3 fully saturated rings. The molecule has 0 radical (unpaired) electrons. The number of amides is 2. The Morgan fingerprint density at radius 2 is 1.88 bits per heavy atom. The summed E-state index contributed by atoms with van der Waals surface area (Å²) in [7, 11) is 0. The van der Waals surface area contributed by atoms with E-state index in [9.17, 15) is 9.59 Å². The van der Waals surface area contributed by atoms with Gasteiger partial charge in [-0.3, -0.25) is 4.79 Å². The van der Waals surface area contributed by atoms with E-state index in [1.54, 1.807) is 4.90 Å². The summed E-state index contributed by atoms with van der Waals surface area (Å²) in [6.07, 6.45) is 4.77. The van der Waals surface area contributed by atoms with Crippen LogP contribution in [0.5, 0.6) is 0 Å². The lowest BCUT2D eigenvalue weighted by Crippen LogP contribution is -2.62. The number of ether oxygens (including phenoxy) is 1. The Kier molecular flexibility index (Phi) is 5.94. The summed E-state index contributed by atoms with van der Waals surface area (Å²) in [6.45, 7) is 12.0. The average molecular weight is 336 g/mol. The Morgan fingerprint density at radius 3 is 2.42 bits per heavy atom. The van der Waals surface area contributed by atoms with Gasteiger partial charge >= 0.3 is 6.09 Å². The molecule has 5 nitrogen and oxygen atoms in total. The van der Waals surface area contributed by atoms with Gasteiger partial charge in [0.2, 0.25) is 5.91 Å². The Labute approximate surface area is 145 Å². The molecule has 3 aliphatic rings. The first-order valence-corrected chi connectivity index (χ1v) is 9.21. The number of carbonyl (C=O) groups is 2. The van der Waals surface area contributed by atoms with Gasteiger partial charge in [0.15, 0.2) is 0 Å². The highest BCUT2D eigenvalue weighted by molar-refractivity contribution is 5.82. The van der Waals surface area contributed by atoms with Crippen molar-refractivity contribution < 1.29 is 14.3 Å². The second-order valence-corrected chi connectivity index (χ2v) is 7.71. The lowest BCUT2D eigenvalue weighted by molar-refractivity contribution is -0.142. The SMILES string of the molecule is CC/C=C(/C)C(C)(C)NC(=O)C1C2CC1CN(C(=O)OCCC)C2. The van der Waals surface area contributed by atoms with Crippen LogP contribution in [-0.4, -0.2) is 42.1 Å². The van der Waals surface area contributed by atoms with E-state index >= 15 is 0 Å². The summed E-state index contributed by atoms with van der Waals surface area (Å²) < 4.78 is 5.21. The fraction of sp³-hybridized carbons (Fsp3) is 0.789. The lowest BCUT2D eigenvalue weighted by Gasteiger charge is -2.52. The van der Waals surface area contributed by atoms with E-state index < -0.39 is 0 Å². The molecule has 2 bridgehead atoms. The smallest absolute Gasteiger partial charge is 0.409 e. The van der Waals surface area contributed by atoms with Crippen molar-refractivity contribution in [1.82, 2.24) is 10.2 Å². The van der Waals surface area contributed by atoms with Crippen LogP contribution in [-0.2, 0) is 9.53 Å². The van der Waals surface area contributed by atoms with Crippen molar-refractivity contribution in [2.45, 2.75) is 59.4 Å². The molecule has 136 valence electrons. The van der Waals surface area contributed by atoms with Crippen molar-refractivity contribution in [2.75, 3.05) is 19.7 Å². The van der Waals surface area contributed by atoms with Gasteiger partial charge in [-0.2, -0.15) is 0 Å². The number of allylic oxidation sites excluding steroid dienone is 1. The number of piperidine rings is 2. The molecule has 2 unspecified atom stereocenters. The molecule has 2 heterocycles. The van der Waals surface area contributed by atoms with Gasteiger partial charge in [0, 0.05) is 19.0 Å². The lowest BCUT2D eigenvalue weighted by atomic mass is 9.61. The first kappa shape index (κ1) is 18.8. The molecule has 2 aliphatic heterocycles. The van der Waals surface area contributed by atoms with E-state index in [1.165, 1.54) is 5.57 Å². The highest BCUT2D eigenvalue weighted by Crippen LogP contribution is 2.46. The van der Waals surface area contributed by atoms with Gasteiger partial charge in [-0.05, 0) is 51.9 Å². The number of fused-ring (bicyclic) bond motifs is 2. The molecule has 2 amide bonds. The van der Waals surface area contributed by atoms with Crippen LogP contribution in [0.15, 0.2) is 11.6 Å². The van der Waals surface area contributed by atoms with Gasteiger partial charge in [-0.25, -0.2) is 4.79 Å². The van der Waals surface area contributed by atoms with Crippen LogP contribution < -0.4 is 5.32 Å².